The van der Waals surface area contributed by atoms with Gasteiger partial charge in [0.2, 0.25) is 21.8 Å². The van der Waals surface area contributed by atoms with Gasteiger partial charge in [-0.2, -0.15) is 0 Å². The normalized spacial score (nSPS) is 26.4. The minimum absolute atomic E-state index is 0.0285. The number of likely N-dealkylation sites (tertiary alicyclic amines) is 1. The molecule has 4 aliphatic carbocycles. The molecule has 4 amide bonds. The zero-order chi connectivity index (χ0) is 39.7. The largest absolute Gasteiger partial charge is 0.493 e. The van der Waals surface area contributed by atoms with Crippen LogP contribution in [-0.2, 0) is 40.4 Å². The lowest BCUT2D eigenvalue weighted by molar-refractivity contribution is -0.143. The van der Waals surface area contributed by atoms with E-state index in [2.05, 4.69) is 27.1 Å². The summed E-state index contributed by atoms with van der Waals surface area (Å²) in [6.45, 7) is 9.16. The molecule has 55 heavy (non-hydrogen) atoms. The molecule has 0 bridgehead atoms. The first-order valence-electron chi connectivity index (χ1n) is 19.3. The second-order valence-electron chi connectivity index (χ2n) is 16.5. The lowest BCUT2D eigenvalue weighted by atomic mass is 9.85. The molecule has 302 valence electrons. The standard InChI is InChI=1S/C39H55N5O10S/c1-7-11-24-21-39(24,36(47)43-55(49,50)27-16-17-27)41-34(45)30-19-26(54-42-29-15-10-12-23-18-31(51-5)32(52-6)20-28(23)29)22-44(30)35(46)33(38(2,3)4)40-37(48)53-25-13-8-9-14-25/h7,18,20,24-27,30,33H,1,8-17,19,21-22H2,2-6H3,(H,40,48)(H,41,45)(H,43,47)/b42-29+/t24-,26-,30+,33-,39-/m1/s1. The number of ether oxygens (including phenoxy) is 3. The number of fused-ring (bicyclic) bond motifs is 1. The van der Waals surface area contributed by atoms with Crippen LogP contribution in [0.3, 0.4) is 0 Å². The van der Waals surface area contributed by atoms with Gasteiger partial charge in [-0.25, -0.2) is 13.2 Å². The van der Waals surface area contributed by atoms with Gasteiger partial charge in [-0.1, -0.05) is 32.0 Å². The number of oxime groups is 1. The fourth-order valence-corrected chi connectivity index (χ4v) is 9.35. The maximum atomic E-state index is 14.6. The number of aryl methyl sites for hydroxylation is 1. The molecule has 3 saturated carbocycles. The summed E-state index contributed by atoms with van der Waals surface area (Å²) < 4.78 is 44.4. The molecule has 6 rings (SSSR count). The van der Waals surface area contributed by atoms with E-state index in [-0.39, 0.29) is 31.4 Å². The van der Waals surface area contributed by atoms with Gasteiger partial charge in [0.05, 0.1) is 31.7 Å². The monoisotopic (exact) mass is 785 g/mol. The smallest absolute Gasteiger partial charge is 0.408 e. The van der Waals surface area contributed by atoms with E-state index in [4.69, 9.17) is 19.0 Å². The highest BCUT2D eigenvalue weighted by molar-refractivity contribution is 7.91. The first-order valence-corrected chi connectivity index (χ1v) is 20.9. The van der Waals surface area contributed by atoms with Crippen LogP contribution in [0.15, 0.2) is 29.9 Å². The number of hydrogen-bond donors (Lipinski definition) is 3. The molecule has 1 aromatic carbocycles. The van der Waals surface area contributed by atoms with E-state index in [1.807, 2.05) is 32.9 Å². The second kappa shape index (κ2) is 16.0. The zero-order valence-corrected chi connectivity index (χ0v) is 33.3. The third kappa shape index (κ3) is 8.89. The lowest BCUT2D eigenvalue weighted by Crippen LogP contribution is -2.60. The van der Waals surface area contributed by atoms with Gasteiger partial charge in [0.25, 0.3) is 5.91 Å². The first kappa shape index (κ1) is 40.3. The van der Waals surface area contributed by atoms with Crippen LogP contribution in [0.4, 0.5) is 4.79 Å². The second-order valence-corrected chi connectivity index (χ2v) is 18.5. The van der Waals surface area contributed by atoms with Gasteiger partial charge in [0.1, 0.15) is 29.8 Å². The molecule has 0 aromatic heterocycles. The fourth-order valence-electron chi connectivity index (χ4n) is 7.99. The Morgan fingerprint density at radius 3 is 2.35 bits per heavy atom. The number of nitrogens with zero attached hydrogens (tertiary/aromatic N) is 2. The van der Waals surface area contributed by atoms with Gasteiger partial charge in [-0.05, 0) is 99.7 Å². The molecular weight excluding hydrogens is 731 g/mol. The summed E-state index contributed by atoms with van der Waals surface area (Å²) in [5, 5.41) is 9.55. The van der Waals surface area contributed by atoms with Crippen molar-refractivity contribution in [2.24, 2.45) is 16.5 Å². The average molecular weight is 786 g/mol. The van der Waals surface area contributed by atoms with E-state index in [0.717, 1.165) is 49.7 Å². The number of amides is 4. The van der Waals surface area contributed by atoms with E-state index in [1.54, 1.807) is 20.3 Å². The molecule has 0 radical (unpaired) electrons. The summed E-state index contributed by atoms with van der Waals surface area (Å²) in [4.78, 5) is 63.2. The molecule has 1 aliphatic heterocycles. The average Bonchev–Trinajstić information content (AvgIpc) is 4.01. The van der Waals surface area contributed by atoms with E-state index in [1.165, 1.54) is 4.90 Å². The Kier molecular flexibility index (Phi) is 11.7. The molecule has 4 fully saturated rings. The van der Waals surface area contributed by atoms with Crippen molar-refractivity contribution in [2.45, 2.75) is 133 Å². The van der Waals surface area contributed by atoms with Crippen LogP contribution in [0.2, 0.25) is 0 Å². The van der Waals surface area contributed by atoms with Gasteiger partial charge in [-0.3, -0.25) is 19.1 Å². The van der Waals surface area contributed by atoms with Crippen LogP contribution in [0.1, 0.15) is 103 Å². The maximum absolute atomic E-state index is 14.6. The predicted molar refractivity (Wildman–Crippen MR) is 203 cm³/mol. The van der Waals surface area contributed by atoms with Crippen molar-refractivity contribution in [2.75, 3.05) is 20.8 Å². The summed E-state index contributed by atoms with van der Waals surface area (Å²) in [5.41, 5.74) is 0.287. The van der Waals surface area contributed by atoms with Crippen molar-refractivity contribution in [1.82, 2.24) is 20.3 Å². The van der Waals surface area contributed by atoms with Crippen LogP contribution >= 0.6 is 0 Å². The highest BCUT2D eigenvalue weighted by atomic mass is 32.2. The van der Waals surface area contributed by atoms with Crippen LogP contribution in [0, 0.1) is 11.3 Å². The molecule has 0 spiro atoms. The summed E-state index contributed by atoms with van der Waals surface area (Å²) in [5.74, 6) is -1.19. The highest BCUT2D eigenvalue weighted by Crippen LogP contribution is 2.47. The first-order chi connectivity index (χ1) is 26.1. The number of benzene rings is 1. The lowest BCUT2D eigenvalue weighted by Gasteiger charge is -2.35. The summed E-state index contributed by atoms with van der Waals surface area (Å²) in [6, 6.07) is 1.58. The number of alkyl carbamates (subject to hydrolysis) is 1. The Morgan fingerprint density at radius 1 is 1.02 bits per heavy atom. The number of allylic oxidation sites excluding steroid dienone is 1. The molecule has 16 heteroatoms. The molecule has 5 aliphatic rings. The number of sulfonamides is 1. The van der Waals surface area contributed by atoms with Crippen LogP contribution in [0.25, 0.3) is 0 Å². The van der Waals surface area contributed by atoms with E-state index in [0.29, 0.717) is 42.9 Å². The fraction of sp³-hybridized carbons (Fsp3) is 0.667. The van der Waals surface area contributed by atoms with Gasteiger partial charge in [0.15, 0.2) is 11.5 Å². The minimum Gasteiger partial charge on any atom is -0.493 e. The molecule has 15 nitrogen and oxygen atoms in total. The Hall–Kier alpha value is -4.34. The van der Waals surface area contributed by atoms with Gasteiger partial charge < -0.3 is 34.6 Å². The predicted octanol–water partition coefficient (Wildman–Crippen LogP) is 3.87. The highest BCUT2D eigenvalue weighted by Gasteiger charge is 2.62. The summed E-state index contributed by atoms with van der Waals surface area (Å²) in [7, 11) is -0.754. The molecule has 1 aromatic rings. The Labute approximate surface area is 323 Å². The van der Waals surface area contributed by atoms with Gasteiger partial charge in [0, 0.05) is 12.0 Å². The Morgan fingerprint density at radius 2 is 1.71 bits per heavy atom. The van der Waals surface area contributed by atoms with E-state index >= 15 is 0 Å². The van der Waals surface area contributed by atoms with Crippen LogP contribution in [0.5, 0.6) is 11.5 Å². The summed E-state index contributed by atoms with van der Waals surface area (Å²) >= 11 is 0. The van der Waals surface area contributed by atoms with Crippen molar-refractivity contribution < 1.29 is 46.6 Å². The number of carbonyl (C=O) groups is 4. The maximum Gasteiger partial charge on any atom is 0.408 e. The zero-order valence-electron chi connectivity index (χ0n) is 32.5. The number of nitrogens with one attached hydrogen (secondary N) is 3. The van der Waals surface area contributed by atoms with Crippen molar-refractivity contribution in [3.05, 3.63) is 35.9 Å². The number of hydrogen-bond acceptors (Lipinski definition) is 11. The third-order valence-corrected chi connectivity index (χ3v) is 13.2. The SMILES string of the molecule is C=CC[C@@H]1C[C@]1(NC(=O)[C@@H]1C[C@@H](O/N=C2\CCCc3cc(OC)c(OC)cc32)CN1C(=O)[C@@H](NC(=O)OC1CCCC1)C(C)(C)C)C(=O)NS(=O)(=O)C1CC1. The molecule has 5 atom stereocenters. The van der Waals surface area contributed by atoms with Crippen molar-refractivity contribution >= 4 is 39.5 Å². The van der Waals surface area contributed by atoms with Gasteiger partial charge in [-0.15, -0.1) is 6.58 Å². The van der Waals surface area contributed by atoms with Crippen LogP contribution < -0.4 is 24.8 Å². The minimum atomic E-state index is -3.89. The molecule has 3 N–H and O–H groups in total. The molecule has 1 saturated heterocycles. The van der Waals surface area contributed by atoms with Crippen LogP contribution in [-0.4, -0.2) is 98.7 Å². The number of rotatable bonds is 14. The van der Waals surface area contributed by atoms with Crippen molar-refractivity contribution in [3.63, 3.8) is 0 Å². The molecule has 0 unspecified atom stereocenters. The number of methoxy groups -OCH3 is 2. The Balaban J connectivity index is 1.26. The third-order valence-electron chi connectivity index (χ3n) is 11.4. The van der Waals surface area contributed by atoms with E-state index in [9.17, 15) is 27.6 Å². The summed E-state index contributed by atoms with van der Waals surface area (Å²) in [6.07, 6.45) is 7.20. The Bertz CT molecular complexity index is 1820. The topological polar surface area (TPSA) is 191 Å². The molecule has 1 heterocycles. The van der Waals surface area contributed by atoms with Crippen molar-refractivity contribution in [1.29, 1.82) is 0 Å². The molecular formula is C39H55N5O10S. The van der Waals surface area contributed by atoms with Gasteiger partial charge >= 0.3 is 6.09 Å². The number of carbonyl (C=O) groups excluding carboxylic acids is 4. The van der Waals surface area contributed by atoms with E-state index < -0.39 is 68.2 Å². The van der Waals surface area contributed by atoms with Crippen molar-refractivity contribution in [3.8, 4) is 11.5 Å². The quantitative estimate of drug-likeness (QED) is 0.184.